The Kier molecular flexibility index (Phi) is 8.49. The maximum atomic E-state index is 10.9. The summed E-state index contributed by atoms with van der Waals surface area (Å²) in [6.07, 6.45) is 4.30. The summed E-state index contributed by atoms with van der Waals surface area (Å²) >= 11 is 0. The van der Waals surface area contributed by atoms with Crippen molar-refractivity contribution in [3.8, 4) is 5.75 Å². The molecule has 0 saturated carbocycles. The maximum Gasteiger partial charge on any atom is 0.305 e. The van der Waals surface area contributed by atoms with Crippen molar-refractivity contribution in [3.05, 3.63) is 24.3 Å². The summed E-state index contributed by atoms with van der Waals surface area (Å²) < 4.78 is 9.73. The van der Waals surface area contributed by atoms with Crippen LogP contribution in [0.5, 0.6) is 5.75 Å². The molecule has 0 heterocycles. The highest BCUT2D eigenvalue weighted by atomic mass is 16.5. The van der Waals surface area contributed by atoms with Crippen molar-refractivity contribution in [2.45, 2.75) is 32.1 Å². The van der Waals surface area contributed by atoms with Crippen molar-refractivity contribution >= 4 is 17.6 Å². The second-order valence-corrected chi connectivity index (χ2v) is 4.86. The van der Waals surface area contributed by atoms with E-state index in [1.54, 1.807) is 7.11 Å². The lowest BCUT2D eigenvalue weighted by atomic mass is 10.1. The van der Waals surface area contributed by atoms with Gasteiger partial charge in [0.1, 0.15) is 5.75 Å². The molecule has 0 aliphatic heterocycles. The van der Waals surface area contributed by atoms with E-state index in [2.05, 4.69) is 15.0 Å². The third-order valence-electron chi connectivity index (χ3n) is 3.14. The number of benzene rings is 1. The number of nitrogens with two attached hydrogens (primary N) is 1. The predicted molar refractivity (Wildman–Crippen MR) is 88.2 cm³/mol. The zero-order valence-corrected chi connectivity index (χ0v) is 13.3. The molecule has 1 aromatic rings. The number of anilines is 1. The molecular formula is C16H25N3O3. The fourth-order valence-electron chi connectivity index (χ4n) is 1.92. The third kappa shape index (κ3) is 7.52. The molecule has 0 spiro atoms. The van der Waals surface area contributed by atoms with E-state index in [0.717, 1.165) is 37.1 Å². The molecule has 1 aromatic carbocycles. The lowest BCUT2D eigenvalue weighted by molar-refractivity contribution is -0.140. The molecule has 122 valence electrons. The van der Waals surface area contributed by atoms with Crippen LogP contribution in [0.25, 0.3) is 0 Å². The molecule has 1 rings (SSSR count). The molecule has 0 aromatic heterocycles. The number of nitrogens with zero attached hydrogens (tertiary/aromatic N) is 1. The largest absolute Gasteiger partial charge is 0.497 e. The van der Waals surface area contributed by atoms with E-state index in [9.17, 15) is 4.79 Å². The highest BCUT2D eigenvalue weighted by Gasteiger charge is 1.99. The molecule has 0 aliphatic carbocycles. The molecule has 0 atom stereocenters. The number of guanidine groups is 1. The van der Waals surface area contributed by atoms with E-state index in [4.69, 9.17) is 10.5 Å². The average molecular weight is 307 g/mol. The number of ether oxygens (including phenoxy) is 2. The number of hydrogen-bond acceptors (Lipinski definition) is 4. The van der Waals surface area contributed by atoms with E-state index >= 15 is 0 Å². The van der Waals surface area contributed by atoms with Crippen LogP contribution >= 0.6 is 0 Å². The number of carbonyl (C=O) groups is 1. The summed E-state index contributed by atoms with van der Waals surface area (Å²) in [6.45, 7) is 0.668. The van der Waals surface area contributed by atoms with Gasteiger partial charge in [0, 0.05) is 24.7 Å². The number of hydrogen-bond donors (Lipinski definition) is 2. The molecule has 0 bridgehead atoms. The minimum absolute atomic E-state index is 0.148. The van der Waals surface area contributed by atoms with Gasteiger partial charge in [-0.05, 0) is 25.0 Å². The molecule has 0 unspecified atom stereocenters. The monoisotopic (exact) mass is 307 g/mol. The molecule has 0 radical (unpaired) electrons. The first-order chi connectivity index (χ1) is 10.7. The van der Waals surface area contributed by atoms with Gasteiger partial charge in [0.2, 0.25) is 0 Å². The fraction of sp³-hybridized carbons (Fsp3) is 0.500. The van der Waals surface area contributed by atoms with Crippen molar-refractivity contribution in [1.29, 1.82) is 0 Å². The van der Waals surface area contributed by atoms with Crippen LogP contribution in [0.4, 0.5) is 5.69 Å². The van der Waals surface area contributed by atoms with Gasteiger partial charge in [-0.2, -0.15) is 0 Å². The van der Waals surface area contributed by atoms with E-state index in [1.165, 1.54) is 7.11 Å². The second-order valence-electron chi connectivity index (χ2n) is 4.86. The van der Waals surface area contributed by atoms with Crippen molar-refractivity contribution < 1.29 is 14.3 Å². The van der Waals surface area contributed by atoms with Gasteiger partial charge in [-0.15, -0.1) is 0 Å². The summed E-state index contributed by atoms with van der Waals surface area (Å²) in [5.74, 6) is 1.01. The molecular weight excluding hydrogens is 282 g/mol. The van der Waals surface area contributed by atoms with Gasteiger partial charge in [0.25, 0.3) is 0 Å². The van der Waals surface area contributed by atoms with Crippen molar-refractivity contribution in [1.82, 2.24) is 0 Å². The molecule has 0 fully saturated rings. The van der Waals surface area contributed by atoms with Crippen LogP contribution in [0.2, 0.25) is 0 Å². The Balaban J connectivity index is 2.18. The molecule has 0 saturated heterocycles. The number of carbonyl (C=O) groups excluding carboxylic acids is 1. The van der Waals surface area contributed by atoms with Crippen LogP contribution in [-0.2, 0) is 9.53 Å². The summed E-state index contributed by atoms with van der Waals surface area (Å²) in [7, 11) is 3.03. The lowest BCUT2D eigenvalue weighted by Crippen LogP contribution is -2.22. The number of unbranched alkanes of at least 4 members (excludes halogenated alkanes) is 3. The first-order valence-electron chi connectivity index (χ1n) is 7.43. The van der Waals surface area contributed by atoms with Gasteiger partial charge >= 0.3 is 5.97 Å². The second kappa shape index (κ2) is 10.5. The Labute approximate surface area is 131 Å². The average Bonchev–Trinajstić information content (AvgIpc) is 2.53. The quantitative estimate of drug-likeness (QED) is 0.317. The Morgan fingerprint density at radius 3 is 2.73 bits per heavy atom. The SMILES string of the molecule is COC(=O)CCCCCCN=C(N)Nc1cccc(OC)c1. The topological polar surface area (TPSA) is 85.9 Å². The zero-order valence-electron chi connectivity index (χ0n) is 13.3. The normalized spacial score (nSPS) is 11.1. The van der Waals surface area contributed by atoms with Crippen molar-refractivity contribution in [2.75, 3.05) is 26.1 Å². The predicted octanol–water partition coefficient (Wildman–Crippen LogP) is 2.55. The first-order valence-corrected chi connectivity index (χ1v) is 7.43. The molecule has 22 heavy (non-hydrogen) atoms. The third-order valence-corrected chi connectivity index (χ3v) is 3.14. The zero-order chi connectivity index (χ0) is 16.2. The molecule has 3 N–H and O–H groups in total. The summed E-state index contributed by atoms with van der Waals surface area (Å²) in [6, 6.07) is 7.51. The van der Waals surface area contributed by atoms with E-state index in [0.29, 0.717) is 18.9 Å². The lowest BCUT2D eigenvalue weighted by Gasteiger charge is -2.07. The molecule has 6 heteroatoms. The van der Waals surface area contributed by atoms with Crippen LogP contribution in [-0.4, -0.2) is 32.7 Å². The van der Waals surface area contributed by atoms with E-state index in [1.807, 2.05) is 24.3 Å². The minimum Gasteiger partial charge on any atom is -0.497 e. The highest BCUT2D eigenvalue weighted by molar-refractivity contribution is 5.92. The van der Waals surface area contributed by atoms with Gasteiger partial charge < -0.3 is 20.5 Å². The minimum atomic E-state index is -0.148. The summed E-state index contributed by atoms with van der Waals surface area (Å²) in [5, 5.41) is 3.03. The van der Waals surface area contributed by atoms with Crippen LogP contribution < -0.4 is 15.8 Å². The van der Waals surface area contributed by atoms with E-state index in [-0.39, 0.29) is 5.97 Å². The molecule has 0 aliphatic rings. The molecule has 0 amide bonds. The van der Waals surface area contributed by atoms with Crippen LogP contribution in [0.15, 0.2) is 29.3 Å². The highest BCUT2D eigenvalue weighted by Crippen LogP contribution is 2.16. The number of esters is 1. The van der Waals surface area contributed by atoms with Crippen LogP contribution in [0, 0.1) is 0 Å². The van der Waals surface area contributed by atoms with Gasteiger partial charge in [-0.1, -0.05) is 18.9 Å². The van der Waals surface area contributed by atoms with Gasteiger partial charge in [0.15, 0.2) is 5.96 Å². The first kappa shape index (κ1) is 17.8. The van der Waals surface area contributed by atoms with Crippen molar-refractivity contribution in [2.24, 2.45) is 10.7 Å². The van der Waals surface area contributed by atoms with Crippen LogP contribution in [0.3, 0.4) is 0 Å². The standard InChI is InChI=1S/C16H25N3O3/c1-21-14-9-7-8-13(12-14)19-16(17)18-11-6-4-3-5-10-15(20)22-2/h7-9,12H,3-6,10-11H2,1-2H3,(H3,17,18,19). The van der Waals surface area contributed by atoms with Crippen molar-refractivity contribution in [3.63, 3.8) is 0 Å². The Bertz CT molecular complexity index is 489. The van der Waals surface area contributed by atoms with Crippen LogP contribution in [0.1, 0.15) is 32.1 Å². The van der Waals surface area contributed by atoms with E-state index < -0.39 is 0 Å². The Hall–Kier alpha value is -2.24. The number of nitrogens with one attached hydrogen (secondary N) is 1. The van der Waals surface area contributed by atoms with Gasteiger partial charge in [0.05, 0.1) is 14.2 Å². The summed E-state index contributed by atoms with van der Waals surface area (Å²) in [5.41, 5.74) is 6.68. The van der Waals surface area contributed by atoms with Gasteiger partial charge in [-0.25, -0.2) is 0 Å². The Morgan fingerprint density at radius 2 is 2.00 bits per heavy atom. The smallest absolute Gasteiger partial charge is 0.305 e. The molecule has 6 nitrogen and oxygen atoms in total. The summed E-state index contributed by atoms with van der Waals surface area (Å²) in [4.78, 5) is 15.2. The fourth-order valence-corrected chi connectivity index (χ4v) is 1.92. The maximum absolute atomic E-state index is 10.9. The number of rotatable bonds is 9. The number of methoxy groups -OCH3 is 2. The Morgan fingerprint density at radius 1 is 1.23 bits per heavy atom. The van der Waals surface area contributed by atoms with Gasteiger partial charge in [-0.3, -0.25) is 9.79 Å². The number of aliphatic imine (C=N–C) groups is 1.